The lowest BCUT2D eigenvalue weighted by atomic mass is 11.0. The summed E-state index contributed by atoms with van der Waals surface area (Å²) in [4.78, 5) is 0. The van der Waals surface area contributed by atoms with E-state index in [0.717, 1.165) is 0 Å². The molecule has 0 aromatic heterocycles. The summed E-state index contributed by atoms with van der Waals surface area (Å²) in [6.07, 6.45) is 0. The Labute approximate surface area is 112 Å². The molecule has 0 radical (unpaired) electrons. The molecule has 0 aromatic carbocycles. The van der Waals surface area contributed by atoms with Crippen LogP contribution in [0.4, 0.5) is 0 Å². The Morgan fingerprint density at radius 3 is 1.71 bits per heavy atom. The van der Waals surface area contributed by atoms with E-state index in [-0.39, 0.29) is 0 Å². The molecule has 1 atom stereocenters. The zero-order chi connectivity index (χ0) is 13.5. The summed E-state index contributed by atoms with van der Waals surface area (Å²) < 4.78 is 12.3. The fraction of sp³-hybridized carbons (Fsp3) is 1.00. The summed E-state index contributed by atoms with van der Waals surface area (Å²) in [5.41, 5.74) is 1.45. The van der Waals surface area contributed by atoms with Crippen LogP contribution in [0, 0.1) is 0 Å². The standard InChI is InChI=1S/C10H31N3Si4/c1-9-17(8)12-15(4,5)10-14(2,3)11-16(6,7)13-17/h11-13H,9-10H2,1-8H3. The summed E-state index contributed by atoms with van der Waals surface area (Å²) in [5.74, 6) is 0. The van der Waals surface area contributed by atoms with E-state index in [2.05, 4.69) is 66.7 Å². The van der Waals surface area contributed by atoms with Crippen molar-refractivity contribution in [1.29, 1.82) is 0 Å². The molecule has 1 heterocycles. The van der Waals surface area contributed by atoms with Crippen molar-refractivity contribution in [3.05, 3.63) is 0 Å². The first-order valence-corrected chi connectivity index (χ1v) is 18.9. The molecular weight excluding hydrogens is 274 g/mol. The van der Waals surface area contributed by atoms with Crippen LogP contribution >= 0.6 is 0 Å². The highest BCUT2D eigenvalue weighted by atomic mass is 28.5. The lowest BCUT2D eigenvalue weighted by molar-refractivity contribution is 1.05. The monoisotopic (exact) mass is 305 g/mol. The molecule has 7 heteroatoms. The van der Waals surface area contributed by atoms with E-state index in [9.17, 15) is 0 Å². The van der Waals surface area contributed by atoms with E-state index in [1.165, 1.54) is 11.7 Å². The molecular formula is C10H31N3Si4. The van der Waals surface area contributed by atoms with E-state index in [1.54, 1.807) is 0 Å². The van der Waals surface area contributed by atoms with Crippen molar-refractivity contribution in [2.75, 3.05) is 0 Å². The summed E-state index contributed by atoms with van der Waals surface area (Å²) in [5, 5.41) is 0. The van der Waals surface area contributed by atoms with E-state index in [4.69, 9.17) is 0 Å². The molecule has 1 saturated heterocycles. The summed E-state index contributed by atoms with van der Waals surface area (Å²) in [7, 11) is -5.39. The summed E-state index contributed by atoms with van der Waals surface area (Å²) in [6, 6.07) is 1.28. The van der Waals surface area contributed by atoms with Gasteiger partial charge in [-0.2, -0.15) is 0 Å². The molecule has 17 heavy (non-hydrogen) atoms. The minimum atomic E-state index is -1.44. The van der Waals surface area contributed by atoms with E-state index in [0.29, 0.717) is 0 Å². The SMILES string of the molecule is CC[Si]1(C)N[Si](C)(C)C[Si](C)(C)N[Si](C)(C)N1. The minimum absolute atomic E-state index is 1.25. The van der Waals surface area contributed by atoms with Crippen LogP contribution in [0.3, 0.4) is 0 Å². The predicted octanol–water partition coefficient (Wildman–Crippen LogP) is 2.51. The topological polar surface area (TPSA) is 36.1 Å². The van der Waals surface area contributed by atoms with Crippen molar-refractivity contribution >= 4 is 33.3 Å². The Balaban J connectivity index is 3.02. The molecule has 0 aromatic rings. The zero-order valence-electron chi connectivity index (χ0n) is 12.9. The maximum absolute atomic E-state index is 4.13. The quantitative estimate of drug-likeness (QED) is 0.652. The molecule has 0 bridgehead atoms. The third-order valence-corrected chi connectivity index (χ3v) is 26.8. The molecule has 3 N–H and O–H groups in total. The Morgan fingerprint density at radius 1 is 0.765 bits per heavy atom. The van der Waals surface area contributed by atoms with Crippen molar-refractivity contribution in [2.24, 2.45) is 0 Å². The number of nitrogens with one attached hydrogen (secondary N) is 3. The maximum atomic E-state index is 4.13. The lowest BCUT2D eigenvalue weighted by Gasteiger charge is -2.49. The Bertz CT molecular complexity index is 269. The van der Waals surface area contributed by atoms with Crippen molar-refractivity contribution in [3.63, 3.8) is 0 Å². The van der Waals surface area contributed by atoms with Gasteiger partial charge in [-0.1, -0.05) is 33.1 Å². The number of rotatable bonds is 1. The lowest BCUT2D eigenvalue weighted by Crippen LogP contribution is -2.82. The third-order valence-electron chi connectivity index (χ3n) is 3.44. The van der Waals surface area contributed by atoms with Crippen LogP contribution in [0.2, 0.25) is 57.5 Å². The normalized spacial score (nSPS) is 36.0. The molecule has 1 aliphatic rings. The fourth-order valence-corrected chi connectivity index (χ4v) is 36.2. The van der Waals surface area contributed by atoms with Gasteiger partial charge in [0.25, 0.3) is 0 Å². The average Bonchev–Trinajstić information content (AvgIpc) is 1.93. The first-order valence-electron chi connectivity index (χ1n) is 6.77. The van der Waals surface area contributed by atoms with Crippen molar-refractivity contribution in [3.8, 4) is 0 Å². The van der Waals surface area contributed by atoms with E-state index >= 15 is 0 Å². The van der Waals surface area contributed by atoms with Crippen LogP contribution in [0.5, 0.6) is 0 Å². The maximum Gasteiger partial charge on any atom is 0.185 e. The van der Waals surface area contributed by atoms with Gasteiger partial charge in [-0.25, -0.2) is 0 Å². The van der Waals surface area contributed by atoms with Gasteiger partial charge in [-0.05, 0) is 31.4 Å². The van der Waals surface area contributed by atoms with Gasteiger partial charge in [0.15, 0.2) is 16.8 Å². The fourth-order valence-electron chi connectivity index (χ4n) is 3.72. The van der Waals surface area contributed by atoms with Crippen molar-refractivity contribution < 1.29 is 0 Å². The average molecular weight is 306 g/mol. The van der Waals surface area contributed by atoms with Gasteiger partial charge in [0.2, 0.25) is 0 Å². The Kier molecular flexibility index (Phi) is 4.36. The van der Waals surface area contributed by atoms with Gasteiger partial charge in [-0.15, -0.1) is 0 Å². The van der Waals surface area contributed by atoms with Crippen LogP contribution in [0.1, 0.15) is 6.92 Å². The smallest absolute Gasteiger partial charge is 0.185 e. The molecule has 3 nitrogen and oxygen atoms in total. The third kappa shape index (κ3) is 4.73. The van der Waals surface area contributed by atoms with Gasteiger partial charge < -0.3 is 13.9 Å². The van der Waals surface area contributed by atoms with Gasteiger partial charge in [-0.3, -0.25) is 0 Å². The number of hydrogen-bond acceptors (Lipinski definition) is 3. The Morgan fingerprint density at radius 2 is 1.24 bits per heavy atom. The summed E-state index contributed by atoms with van der Waals surface area (Å²) in [6.45, 7) is 19.7. The molecule has 0 spiro atoms. The van der Waals surface area contributed by atoms with Crippen LogP contribution in [0.15, 0.2) is 0 Å². The van der Waals surface area contributed by atoms with Gasteiger partial charge in [0.05, 0.1) is 0 Å². The van der Waals surface area contributed by atoms with E-state index < -0.39 is 33.3 Å². The highest BCUT2D eigenvalue weighted by Crippen LogP contribution is 2.22. The van der Waals surface area contributed by atoms with Gasteiger partial charge >= 0.3 is 0 Å². The van der Waals surface area contributed by atoms with Gasteiger partial charge in [0.1, 0.15) is 16.5 Å². The molecule has 102 valence electrons. The van der Waals surface area contributed by atoms with E-state index in [1.807, 2.05) is 0 Å². The van der Waals surface area contributed by atoms with Crippen molar-refractivity contribution in [2.45, 2.75) is 64.5 Å². The van der Waals surface area contributed by atoms with Crippen LogP contribution in [0.25, 0.3) is 0 Å². The Hall–Kier alpha value is 0.748. The molecule has 1 unspecified atom stereocenters. The van der Waals surface area contributed by atoms with Gasteiger partial charge in [0, 0.05) is 0 Å². The predicted molar refractivity (Wildman–Crippen MR) is 88.8 cm³/mol. The highest BCUT2D eigenvalue weighted by molar-refractivity contribution is 7.07. The molecule has 0 aliphatic carbocycles. The second-order valence-electron chi connectivity index (χ2n) is 7.63. The highest BCUT2D eigenvalue weighted by Gasteiger charge is 2.46. The van der Waals surface area contributed by atoms with Crippen molar-refractivity contribution in [1.82, 2.24) is 13.9 Å². The summed E-state index contributed by atoms with van der Waals surface area (Å²) >= 11 is 0. The molecule has 1 aliphatic heterocycles. The molecule has 0 saturated carbocycles. The first kappa shape index (κ1) is 15.8. The van der Waals surface area contributed by atoms with Crippen LogP contribution in [-0.2, 0) is 0 Å². The molecule has 0 amide bonds. The van der Waals surface area contributed by atoms with Crippen LogP contribution in [-0.4, -0.2) is 33.3 Å². The molecule has 1 fully saturated rings. The zero-order valence-corrected chi connectivity index (χ0v) is 16.9. The minimum Gasteiger partial charge on any atom is -0.348 e. The second kappa shape index (κ2) is 4.69. The second-order valence-corrected chi connectivity index (χ2v) is 26.2. The van der Waals surface area contributed by atoms with Crippen LogP contribution < -0.4 is 13.9 Å². The first-order chi connectivity index (χ1) is 7.39. The molecule has 1 rings (SSSR count). The largest absolute Gasteiger partial charge is 0.348 e. The number of hydrogen-bond donors (Lipinski definition) is 3.